The number of methoxy groups -OCH3 is 1. The number of ether oxygens (including phenoxy) is 1. The van der Waals surface area contributed by atoms with Crippen molar-refractivity contribution in [1.29, 1.82) is 0 Å². The highest BCUT2D eigenvalue weighted by atomic mass is 16.5. The Morgan fingerprint density at radius 2 is 1.88 bits per heavy atom. The van der Waals surface area contributed by atoms with Gasteiger partial charge in [-0.15, -0.1) is 0 Å². The molecule has 2 rings (SSSR count). The molecule has 4 nitrogen and oxygen atoms in total. The smallest absolute Gasteiger partial charge is 0.126 e. The molecule has 0 aliphatic rings. The molecule has 16 heavy (non-hydrogen) atoms. The number of aromatic nitrogens is 2. The number of hydrogen-bond donors (Lipinski definition) is 1. The number of nitrogens with two attached hydrogens (primary N) is 1. The molecule has 0 unspecified atom stereocenters. The molecule has 4 heteroatoms. The van der Waals surface area contributed by atoms with E-state index in [-0.39, 0.29) is 0 Å². The van der Waals surface area contributed by atoms with Crippen molar-refractivity contribution >= 4 is 5.69 Å². The van der Waals surface area contributed by atoms with E-state index in [9.17, 15) is 0 Å². The van der Waals surface area contributed by atoms with Crippen LogP contribution in [-0.4, -0.2) is 17.1 Å². The molecule has 0 saturated heterocycles. The summed E-state index contributed by atoms with van der Waals surface area (Å²) >= 11 is 0. The molecule has 0 bridgehead atoms. The van der Waals surface area contributed by atoms with E-state index in [1.807, 2.05) is 31.2 Å². The average Bonchev–Trinajstić information content (AvgIpc) is 2.32. The minimum atomic E-state index is 0.579. The largest absolute Gasteiger partial charge is 0.497 e. The maximum atomic E-state index is 5.84. The lowest BCUT2D eigenvalue weighted by Gasteiger charge is -2.06. The van der Waals surface area contributed by atoms with Crippen LogP contribution in [0.3, 0.4) is 0 Å². The Morgan fingerprint density at radius 1 is 1.19 bits per heavy atom. The third kappa shape index (κ3) is 1.95. The van der Waals surface area contributed by atoms with Gasteiger partial charge in [-0.1, -0.05) is 0 Å². The van der Waals surface area contributed by atoms with Crippen LogP contribution >= 0.6 is 0 Å². The summed E-state index contributed by atoms with van der Waals surface area (Å²) in [6.07, 6.45) is 1.63. The first-order chi connectivity index (χ1) is 7.70. The molecule has 0 aliphatic heterocycles. The van der Waals surface area contributed by atoms with Crippen molar-refractivity contribution in [2.24, 2.45) is 0 Å². The van der Waals surface area contributed by atoms with Gasteiger partial charge in [0, 0.05) is 5.56 Å². The Labute approximate surface area is 94.1 Å². The SMILES string of the molecule is COc1ccc(-c2nc(C)ncc2N)cc1. The van der Waals surface area contributed by atoms with Gasteiger partial charge in [-0.2, -0.15) is 0 Å². The van der Waals surface area contributed by atoms with Crippen molar-refractivity contribution in [1.82, 2.24) is 9.97 Å². The van der Waals surface area contributed by atoms with Gasteiger partial charge in [-0.25, -0.2) is 9.97 Å². The lowest BCUT2D eigenvalue weighted by molar-refractivity contribution is 0.415. The van der Waals surface area contributed by atoms with E-state index >= 15 is 0 Å². The van der Waals surface area contributed by atoms with Crippen molar-refractivity contribution in [3.05, 3.63) is 36.3 Å². The summed E-state index contributed by atoms with van der Waals surface area (Å²) in [6, 6.07) is 7.62. The zero-order valence-corrected chi connectivity index (χ0v) is 9.27. The third-order valence-electron chi connectivity index (χ3n) is 2.30. The van der Waals surface area contributed by atoms with E-state index in [1.54, 1.807) is 13.3 Å². The van der Waals surface area contributed by atoms with Crippen molar-refractivity contribution in [2.75, 3.05) is 12.8 Å². The fourth-order valence-corrected chi connectivity index (χ4v) is 1.46. The van der Waals surface area contributed by atoms with Crippen LogP contribution in [0, 0.1) is 6.92 Å². The van der Waals surface area contributed by atoms with Crippen LogP contribution in [0.5, 0.6) is 5.75 Å². The van der Waals surface area contributed by atoms with Crippen LogP contribution in [0.15, 0.2) is 30.5 Å². The van der Waals surface area contributed by atoms with Gasteiger partial charge < -0.3 is 10.5 Å². The summed E-state index contributed by atoms with van der Waals surface area (Å²) in [5, 5.41) is 0. The molecule has 82 valence electrons. The second-order valence-electron chi connectivity index (χ2n) is 3.45. The Bertz CT molecular complexity index is 494. The number of benzene rings is 1. The second-order valence-corrected chi connectivity index (χ2v) is 3.45. The zero-order valence-electron chi connectivity index (χ0n) is 9.27. The first-order valence-electron chi connectivity index (χ1n) is 4.94. The van der Waals surface area contributed by atoms with Gasteiger partial charge in [0.05, 0.1) is 24.7 Å². The van der Waals surface area contributed by atoms with Gasteiger partial charge >= 0.3 is 0 Å². The summed E-state index contributed by atoms with van der Waals surface area (Å²) < 4.78 is 5.10. The number of hydrogen-bond acceptors (Lipinski definition) is 4. The molecular weight excluding hydrogens is 202 g/mol. The number of aryl methyl sites for hydroxylation is 1. The van der Waals surface area contributed by atoms with Gasteiger partial charge in [0.2, 0.25) is 0 Å². The summed E-state index contributed by atoms with van der Waals surface area (Å²) in [5.74, 6) is 1.52. The van der Waals surface area contributed by atoms with E-state index in [2.05, 4.69) is 9.97 Å². The predicted molar refractivity (Wildman–Crippen MR) is 63.2 cm³/mol. The van der Waals surface area contributed by atoms with Gasteiger partial charge in [0.15, 0.2) is 0 Å². The first-order valence-corrected chi connectivity index (χ1v) is 4.94. The molecule has 1 heterocycles. The Balaban J connectivity index is 2.45. The Hall–Kier alpha value is -2.10. The summed E-state index contributed by atoms with van der Waals surface area (Å²) in [7, 11) is 1.64. The normalized spacial score (nSPS) is 10.1. The summed E-state index contributed by atoms with van der Waals surface area (Å²) in [6.45, 7) is 1.84. The fourth-order valence-electron chi connectivity index (χ4n) is 1.46. The first kappa shape index (κ1) is 10.4. The molecule has 0 spiro atoms. The number of anilines is 1. The maximum absolute atomic E-state index is 5.84. The van der Waals surface area contributed by atoms with E-state index in [0.717, 1.165) is 17.0 Å². The van der Waals surface area contributed by atoms with E-state index in [0.29, 0.717) is 11.5 Å². The van der Waals surface area contributed by atoms with E-state index in [1.165, 1.54) is 0 Å². The van der Waals surface area contributed by atoms with Gasteiger partial charge in [-0.3, -0.25) is 0 Å². The van der Waals surface area contributed by atoms with Gasteiger partial charge in [0.25, 0.3) is 0 Å². The average molecular weight is 215 g/mol. The van der Waals surface area contributed by atoms with Crippen molar-refractivity contribution in [2.45, 2.75) is 6.92 Å². The topological polar surface area (TPSA) is 61.0 Å². The van der Waals surface area contributed by atoms with Crippen molar-refractivity contribution in [3.8, 4) is 17.0 Å². The summed E-state index contributed by atoms with van der Waals surface area (Å²) in [4.78, 5) is 8.36. The van der Waals surface area contributed by atoms with Gasteiger partial charge in [0.1, 0.15) is 11.6 Å². The predicted octanol–water partition coefficient (Wildman–Crippen LogP) is 2.04. The third-order valence-corrected chi connectivity index (χ3v) is 2.30. The lowest BCUT2D eigenvalue weighted by Crippen LogP contribution is -1.97. The number of nitrogen functional groups attached to an aromatic ring is 1. The van der Waals surface area contributed by atoms with Crippen molar-refractivity contribution in [3.63, 3.8) is 0 Å². The highest BCUT2D eigenvalue weighted by Gasteiger charge is 2.05. The molecule has 1 aromatic heterocycles. The highest BCUT2D eigenvalue weighted by Crippen LogP contribution is 2.24. The number of rotatable bonds is 2. The Kier molecular flexibility index (Phi) is 2.72. The lowest BCUT2D eigenvalue weighted by atomic mass is 10.1. The minimum absolute atomic E-state index is 0.579. The monoisotopic (exact) mass is 215 g/mol. The standard InChI is InChI=1S/C12H13N3O/c1-8-14-7-11(13)12(15-8)9-3-5-10(16-2)6-4-9/h3-7H,13H2,1-2H3. The summed E-state index contributed by atoms with van der Waals surface area (Å²) in [5.41, 5.74) is 8.14. The van der Waals surface area contributed by atoms with E-state index < -0.39 is 0 Å². The molecule has 0 amide bonds. The van der Waals surface area contributed by atoms with Crippen LogP contribution < -0.4 is 10.5 Å². The molecule has 1 aromatic carbocycles. The fraction of sp³-hybridized carbons (Fsp3) is 0.167. The zero-order chi connectivity index (χ0) is 11.5. The molecule has 0 atom stereocenters. The molecule has 2 N–H and O–H groups in total. The van der Waals surface area contributed by atoms with Crippen LogP contribution in [0.25, 0.3) is 11.3 Å². The Morgan fingerprint density at radius 3 is 2.50 bits per heavy atom. The number of nitrogens with zero attached hydrogens (tertiary/aromatic N) is 2. The van der Waals surface area contributed by atoms with Crippen LogP contribution in [-0.2, 0) is 0 Å². The minimum Gasteiger partial charge on any atom is -0.497 e. The molecular formula is C12H13N3O. The second kappa shape index (κ2) is 4.18. The highest BCUT2D eigenvalue weighted by molar-refractivity contribution is 5.72. The quantitative estimate of drug-likeness (QED) is 0.832. The molecule has 0 aliphatic carbocycles. The van der Waals surface area contributed by atoms with Crippen LogP contribution in [0.4, 0.5) is 5.69 Å². The molecule has 0 fully saturated rings. The van der Waals surface area contributed by atoms with Crippen LogP contribution in [0.1, 0.15) is 5.82 Å². The molecule has 0 radical (unpaired) electrons. The van der Waals surface area contributed by atoms with Crippen molar-refractivity contribution < 1.29 is 4.74 Å². The van der Waals surface area contributed by atoms with Gasteiger partial charge in [-0.05, 0) is 31.2 Å². The molecule has 0 saturated carbocycles. The molecule has 2 aromatic rings. The maximum Gasteiger partial charge on any atom is 0.126 e. The van der Waals surface area contributed by atoms with Crippen LogP contribution in [0.2, 0.25) is 0 Å². The van der Waals surface area contributed by atoms with E-state index in [4.69, 9.17) is 10.5 Å².